The Hall–Kier alpha value is -5.88. The van der Waals surface area contributed by atoms with Crippen LogP contribution in [0.5, 0.6) is 5.75 Å². The van der Waals surface area contributed by atoms with E-state index in [-0.39, 0.29) is 5.56 Å². The van der Waals surface area contributed by atoms with Gasteiger partial charge in [-0.15, -0.1) is 0 Å². The number of likely N-dealkylation sites (N-methyl/N-ethyl adjacent to an activating group) is 1. The molecule has 1 fully saturated rings. The summed E-state index contributed by atoms with van der Waals surface area (Å²) in [6.07, 6.45) is 3.52. The van der Waals surface area contributed by atoms with Crippen molar-refractivity contribution in [1.29, 1.82) is 0 Å². The molecule has 242 valence electrons. The molecule has 12 heteroatoms. The monoisotopic (exact) mass is 646 g/mol. The summed E-state index contributed by atoms with van der Waals surface area (Å²) < 4.78 is 37.0. The number of nitrogens with zero attached hydrogens (tertiary/aromatic N) is 6. The Bertz CT molecular complexity index is 2160. The molecule has 1 aliphatic heterocycles. The Morgan fingerprint density at radius 3 is 2.54 bits per heavy atom. The molecule has 6 aromatic rings. The van der Waals surface area contributed by atoms with Crippen LogP contribution in [0, 0.1) is 11.6 Å². The summed E-state index contributed by atoms with van der Waals surface area (Å²) >= 11 is 0. The van der Waals surface area contributed by atoms with Gasteiger partial charge in [0, 0.05) is 55.4 Å². The topological polar surface area (TPSA) is 114 Å². The Labute approximate surface area is 275 Å². The van der Waals surface area contributed by atoms with Crippen LogP contribution in [0.3, 0.4) is 0 Å². The SMILES string of the molecule is COc1ccc(Nc2nccc(-c3c(-c4cccc(-c5ccc(F)c(C(N)=O)c5F)c4)nn4ccccc34)n2)cc1N1CCN(C)CC1. The molecule has 0 spiro atoms. The van der Waals surface area contributed by atoms with Crippen molar-refractivity contribution in [2.45, 2.75) is 0 Å². The number of benzene rings is 3. The van der Waals surface area contributed by atoms with Gasteiger partial charge in [-0.05, 0) is 67.2 Å². The van der Waals surface area contributed by atoms with Gasteiger partial charge in [0.1, 0.15) is 28.6 Å². The second kappa shape index (κ2) is 12.7. The van der Waals surface area contributed by atoms with E-state index in [9.17, 15) is 9.18 Å². The highest BCUT2D eigenvalue weighted by Crippen LogP contribution is 2.38. The van der Waals surface area contributed by atoms with E-state index in [0.29, 0.717) is 28.5 Å². The highest BCUT2D eigenvalue weighted by atomic mass is 19.1. The zero-order valence-electron chi connectivity index (χ0n) is 26.3. The van der Waals surface area contributed by atoms with Crippen LogP contribution in [-0.4, -0.2) is 70.7 Å². The normalized spacial score (nSPS) is 13.5. The van der Waals surface area contributed by atoms with E-state index in [1.807, 2.05) is 54.7 Å². The molecule has 0 saturated carbocycles. The molecule has 0 aliphatic carbocycles. The van der Waals surface area contributed by atoms with Gasteiger partial charge in [0.2, 0.25) is 5.95 Å². The number of hydrogen-bond acceptors (Lipinski definition) is 8. The summed E-state index contributed by atoms with van der Waals surface area (Å²) in [5.41, 5.74) is 10.2. The third-order valence-corrected chi connectivity index (χ3v) is 8.52. The Balaban J connectivity index is 1.27. The van der Waals surface area contributed by atoms with Crippen LogP contribution in [0.25, 0.3) is 39.2 Å². The van der Waals surface area contributed by atoms with Crippen molar-refractivity contribution in [3.63, 3.8) is 0 Å². The van der Waals surface area contributed by atoms with Crippen LogP contribution >= 0.6 is 0 Å². The second-order valence-corrected chi connectivity index (χ2v) is 11.6. The lowest BCUT2D eigenvalue weighted by Gasteiger charge is -2.34. The first-order valence-corrected chi connectivity index (χ1v) is 15.4. The minimum Gasteiger partial charge on any atom is -0.495 e. The van der Waals surface area contributed by atoms with E-state index in [1.54, 1.807) is 36.0 Å². The maximum Gasteiger partial charge on any atom is 0.254 e. The number of ether oxygens (including phenoxy) is 1. The Kier molecular flexibility index (Phi) is 8.15. The van der Waals surface area contributed by atoms with Crippen LogP contribution < -0.4 is 20.7 Å². The third-order valence-electron chi connectivity index (χ3n) is 8.52. The first-order valence-electron chi connectivity index (χ1n) is 15.4. The third kappa shape index (κ3) is 5.77. The number of rotatable bonds is 8. The number of carbonyl (C=O) groups excluding carboxylic acids is 1. The quantitative estimate of drug-likeness (QED) is 0.207. The highest BCUT2D eigenvalue weighted by molar-refractivity contribution is 5.95. The molecule has 0 unspecified atom stereocenters. The molecule has 7 rings (SSSR count). The van der Waals surface area contributed by atoms with Crippen LogP contribution in [0.4, 0.5) is 26.1 Å². The molecule has 1 amide bonds. The van der Waals surface area contributed by atoms with Crippen LogP contribution in [0.2, 0.25) is 0 Å². The van der Waals surface area contributed by atoms with E-state index in [0.717, 1.165) is 60.4 Å². The number of fused-ring (bicyclic) bond motifs is 1. The maximum atomic E-state index is 15.3. The molecule has 0 atom stereocenters. The summed E-state index contributed by atoms with van der Waals surface area (Å²) in [4.78, 5) is 25.8. The van der Waals surface area contributed by atoms with Gasteiger partial charge in [-0.1, -0.05) is 24.3 Å². The molecule has 10 nitrogen and oxygen atoms in total. The van der Waals surface area contributed by atoms with Crippen LogP contribution in [-0.2, 0) is 0 Å². The number of anilines is 3. The number of pyridine rings is 1. The van der Waals surface area contributed by atoms with E-state index in [4.69, 9.17) is 20.6 Å². The number of primary amides is 1. The number of methoxy groups -OCH3 is 1. The average Bonchev–Trinajstić information content (AvgIpc) is 3.49. The van der Waals surface area contributed by atoms with Crippen molar-refractivity contribution < 1.29 is 18.3 Å². The lowest BCUT2D eigenvalue weighted by Crippen LogP contribution is -2.44. The molecule has 4 heterocycles. The predicted octanol–water partition coefficient (Wildman–Crippen LogP) is 6.01. The minimum atomic E-state index is -1.18. The van der Waals surface area contributed by atoms with Gasteiger partial charge in [0.25, 0.3) is 5.91 Å². The molecule has 3 aromatic carbocycles. The molecule has 3 aromatic heterocycles. The van der Waals surface area contributed by atoms with Crippen molar-refractivity contribution in [2.24, 2.45) is 5.73 Å². The summed E-state index contributed by atoms with van der Waals surface area (Å²) in [5.74, 6) is -2.02. The molecule has 48 heavy (non-hydrogen) atoms. The fourth-order valence-corrected chi connectivity index (χ4v) is 6.04. The predicted molar refractivity (Wildman–Crippen MR) is 182 cm³/mol. The first-order chi connectivity index (χ1) is 23.3. The Morgan fingerprint density at radius 1 is 0.938 bits per heavy atom. The summed E-state index contributed by atoms with van der Waals surface area (Å²) in [7, 11) is 3.79. The zero-order chi connectivity index (χ0) is 33.4. The van der Waals surface area contributed by atoms with E-state index in [1.165, 1.54) is 6.07 Å². The van der Waals surface area contributed by atoms with Crippen LogP contribution in [0.1, 0.15) is 10.4 Å². The molecular formula is C36H32F2N8O2. The molecule has 3 N–H and O–H groups in total. The fourth-order valence-electron chi connectivity index (χ4n) is 6.04. The van der Waals surface area contributed by atoms with Crippen molar-refractivity contribution in [3.8, 4) is 39.4 Å². The average molecular weight is 647 g/mol. The Morgan fingerprint density at radius 2 is 1.75 bits per heavy atom. The molecule has 1 aliphatic rings. The number of nitrogens with two attached hydrogens (primary N) is 1. The van der Waals surface area contributed by atoms with Gasteiger partial charge >= 0.3 is 0 Å². The minimum absolute atomic E-state index is 0.0429. The van der Waals surface area contributed by atoms with E-state index < -0.39 is 23.1 Å². The number of carbonyl (C=O) groups is 1. The molecule has 0 radical (unpaired) electrons. The highest BCUT2D eigenvalue weighted by Gasteiger charge is 2.22. The summed E-state index contributed by atoms with van der Waals surface area (Å²) in [6, 6.07) is 22.8. The summed E-state index contributed by atoms with van der Waals surface area (Å²) in [6.45, 7) is 3.70. The number of amides is 1. The van der Waals surface area contributed by atoms with Gasteiger partial charge in [0.15, 0.2) is 0 Å². The lowest BCUT2D eigenvalue weighted by atomic mass is 9.97. The van der Waals surface area contributed by atoms with Crippen LogP contribution in [0.15, 0.2) is 91.3 Å². The van der Waals surface area contributed by atoms with Gasteiger partial charge in [-0.25, -0.2) is 23.3 Å². The molecule has 0 bridgehead atoms. The van der Waals surface area contributed by atoms with Crippen molar-refractivity contribution >= 4 is 28.7 Å². The molecule has 1 saturated heterocycles. The molecular weight excluding hydrogens is 614 g/mol. The second-order valence-electron chi connectivity index (χ2n) is 11.6. The lowest BCUT2D eigenvalue weighted by molar-refractivity contribution is 0.0992. The van der Waals surface area contributed by atoms with Gasteiger partial charge in [0.05, 0.1) is 29.6 Å². The summed E-state index contributed by atoms with van der Waals surface area (Å²) in [5, 5.41) is 8.22. The number of halogens is 2. The fraction of sp³-hybridized carbons (Fsp3) is 0.167. The number of nitrogens with one attached hydrogen (secondary N) is 1. The van der Waals surface area contributed by atoms with Gasteiger partial charge in [-0.3, -0.25) is 4.79 Å². The smallest absolute Gasteiger partial charge is 0.254 e. The van der Waals surface area contributed by atoms with Crippen molar-refractivity contribution in [3.05, 3.63) is 108 Å². The number of hydrogen-bond donors (Lipinski definition) is 2. The largest absolute Gasteiger partial charge is 0.495 e. The maximum absolute atomic E-state index is 15.3. The standard InChI is InChI=1S/C36H32F2N8O2/c1-44-16-18-45(19-17-44)29-21-24(9-12-30(29)48-2)41-36-40-14-13-27(42-36)32-28-8-3-4-15-46(28)43-34(32)23-7-5-6-22(20-23)25-10-11-26(37)31(33(25)38)35(39)47/h3-15,20-21H,16-19H2,1-2H3,(H2,39,47)(H,40,41,42). The van der Waals surface area contributed by atoms with E-state index in [2.05, 4.69) is 27.1 Å². The first kappa shape index (κ1) is 30.8. The van der Waals surface area contributed by atoms with Crippen molar-refractivity contribution in [1.82, 2.24) is 24.5 Å². The number of piperazine rings is 1. The number of aromatic nitrogens is 4. The zero-order valence-corrected chi connectivity index (χ0v) is 26.3. The van der Waals surface area contributed by atoms with Gasteiger partial charge in [-0.2, -0.15) is 5.10 Å². The van der Waals surface area contributed by atoms with E-state index >= 15 is 4.39 Å². The van der Waals surface area contributed by atoms with Crippen molar-refractivity contribution in [2.75, 3.05) is 50.6 Å². The van der Waals surface area contributed by atoms with Gasteiger partial charge < -0.3 is 25.6 Å².